The average Bonchev–Trinajstić information content (AvgIpc) is 2.79. The highest BCUT2D eigenvalue weighted by atomic mass is 35.5. The number of rotatable bonds is 10. The van der Waals surface area contributed by atoms with Crippen molar-refractivity contribution < 1.29 is 19.1 Å². The van der Waals surface area contributed by atoms with Gasteiger partial charge in [-0.3, -0.25) is 14.5 Å². The third-order valence-electron chi connectivity index (χ3n) is 4.86. The van der Waals surface area contributed by atoms with E-state index in [2.05, 4.69) is 15.5 Å². The van der Waals surface area contributed by atoms with E-state index in [-0.39, 0.29) is 24.9 Å². The van der Waals surface area contributed by atoms with Gasteiger partial charge in [-0.15, -0.1) is 0 Å². The quantitative estimate of drug-likeness (QED) is 0.529. The Kier molecular flexibility index (Phi) is 9.15. The molecule has 2 N–H and O–H groups in total. The zero-order valence-electron chi connectivity index (χ0n) is 18.2. The first kappa shape index (κ1) is 23.8. The normalized spacial score (nSPS) is 13.7. The van der Waals surface area contributed by atoms with E-state index in [9.17, 15) is 9.59 Å². The molecule has 9 heteroatoms. The van der Waals surface area contributed by atoms with Gasteiger partial charge >= 0.3 is 0 Å². The molecule has 172 valence electrons. The molecule has 0 radical (unpaired) electrons. The summed E-state index contributed by atoms with van der Waals surface area (Å²) in [4.78, 5) is 28.3. The Morgan fingerprint density at radius 1 is 1.03 bits per heavy atom. The summed E-state index contributed by atoms with van der Waals surface area (Å²) < 4.78 is 10.9. The number of anilines is 2. The zero-order chi connectivity index (χ0) is 22.8. The number of nitrogens with zero attached hydrogens (tertiary/aromatic N) is 2. The van der Waals surface area contributed by atoms with Crippen molar-refractivity contribution in [1.29, 1.82) is 0 Å². The zero-order valence-corrected chi connectivity index (χ0v) is 18.9. The number of morpholine rings is 1. The lowest BCUT2D eigenvalue weighted by Gasteiger charge is -2.28. The van der Waals surface area contributed by atoms with Gasteiger partial charge in [0.15, 0.2) is 0 Å². The largest absolute Gasteiger partial charge is 0.492 e. The molecule has 0 saturated carbocycles. The number of hydrogen-bond donors (Lipinski definition) is 2. The van der Waals surface area contributed by atoms with Crippen molar-refractivity contribution in [2.24, 2.45) is 0 Å². The van der Waals surface area contributed by atoms with E-state index in [1.807, 2.05) is 24.3 Å². The van der Waals surface area contributed by atoms with Gasteiger partial charge in [-0.1, -0.05) is 11.6 Å². The minimum absolute atomic E-state index is 0.111. The first-order valence-corrected chi connectivity index (χ1v) is 10.9. The van der Waals surface area contributed by atoms with Crippen LogP contribution in [0.1, 0.15) is 0 Å². The number of carbonyl (C=O) groups is 2. The van der Waals surface area contributed by atoms with E-state index < -0.39 is 0 Å². The highest BCUT2D eigenvalue weighted by molar-refractivity contribution is 6.30. The molecule has 1 aliphatic rings. The Hall–Kier alpha value is -2.81. The highest BCUT2D eigenvalue weighted by Crippen LogP contribution is 2.19. The molecule has 32 heavy (non-hydrogen) atoms. The van der Waals surface area contributed by atoms with E-state index in [1.54, 1.807) is 36.2 Å². The van der Waals surface area contributed by atoms with Gasteiger partial charge in [-0.05, 0) is 55.6 Å². The van der Waals surface area contributed by atoms with Crippen molar-refractivity contribution in [2.75, 3.05) is 69.8 Å². The SMILES string of the molecule is CN(CC(=O)NCCOc1ccc(Cl)cc1)CC(=O)Nc1ccc(N2CCOCC2)cc1. The van der Waals surface area contributed by atoms with Crippen LogP contribution >= 0.6 is 11.6 Å². The molecule has 0 aliphatic carbocycles. The molecule has 2 aromatic carbocycles. The standard InChI is InChI=1S/C23H29ClN4O4/c1-27(16-22(29)25-10-13-32-21-8-2-18(24)3-9-21)17-23(30)26-19-4-6-20(7-5-19)28-11-14-31-15-12-28/h2-9H,10-17H2,1H3,(H,25,29)(H,26,30). The van der Waals surface area contributed by atoms with Gasteiger partial charge < -0.3 is 25.0 Å². The second kappa shape index (κ2) is 12.3. The van der Waals surface area contributed by atoms with E-state index in [4.69, 9.17) is 21.1 Å². The number of ether oxygens (including phenoxy) is 2. The van der Waals surface area contributed by atoms with Crippen LogP contribution in [0.25, 0.3) is 0 Å². The Morgan fingerprint density at radius 3 is 2.38 bits per heavy atom. The van der Waals surface area contributed by atoms with Crippen LogP contribution < -0.4 is 20.3 Å². The van der Waals surface area contributed by atoms with Crippen molar-refractivity contribution in [1.82, 2.24) is 10.2 Å². The first-order valence-electron chi connectivity index (χ1n) is 10.6. The number of hydrogen-bond acceptors (Lipinski definition) is 6. The van der Waals surface area contributed by atoms with Crippen LogP contribution in [0.5, 0.6) is 5.75 Å². The summed E-state index contributed by atoms with van der Waals surface area (Å²) >= 11 is 5.83. The molecule has 3 rings (SSSR count). The fraction of sp³-hybridized carbons (Fsp3) is 0.391. The topological polar surface area (TPSA) is 83.1 Å². The van der Waals surface area contributed by atoms with Crippen molar-refractivity contribution >= 4 is 34.8 Å². The van der Waals surface area contributed by atoms with Gasteiger partial charge in [-0.2, -0.15) is 0 Å². The molecule has 2 aromatic rings. The number of benzene rings is 2. The maximum absolute atomic E-state index is 12.3. The molecule has 1 heterocycles. The van der Waals surface area contributed by atoms with Crippen molar-refractivity contribution in [3.8, 4) is 5.75 Å². The molecule has 0 atom stereocenters. The van der Waals surface area contributed by atoms with E-state index in [1.165, 1.54) is 0 Å². The molecule has 1 saturated heterocycles. The monoisotopic (exact) mass is 460 g/mol. The van der Waals surface area contributed by atoms with Crippen LogP contribution in [0.4, 0.5) is 11.4 Å². The summed E-state index contributed by atoms with van der Waals surface area (Å²) in [5.41, 5.74) is 1.84. The lowest BCUT2D eigenvalue weighted by Crippen LogP contribution is -2.40. The van der Waals surface area contributed by atoms with Gasteiger partial charge in [0.2, 0.25) is 11.8 Å². The molecule has 1 aliphatic heterocycles. The fourth-order valence-electron chi connectivity index (χ4n) is 3.27. The second-order valence-corrected chi connectivity index (χ2v) is 7.96. The number of nitrogens with one attached hydrogen (secondary N) is 2. The highest BCUT2D eigenvalue weighted by Gasteiger charge is 2.13. The maximum Gasteiger partial charge on any atom is 0.238 e. The number of carbonyl (C=O) groups excluding carboxylic acids is 2. The van der Waals surface area contributed by atoms with Gasteiger partial charge in [0.1, 0.15) is 12.4 Å². The lowest BCUT2D eigenvalue weighted by atomic mass is 10.2. The smallest absolute Gasteiger partial charge is 0.238 e. The van der Waals surface area contributed by atoms with Crippen LogP contribution in [0.3, 0.4) is 0 Å². The fourth-order valence-corrected chi connectivity index (χ4v) is 3.40. The second-order valence-electron chi connectivity index (χ2n) is 7.52. The van der Waals surface area contributed by atoms with Gasteiger partial charge in [0, 0.05) is 29.5 Å². The molecular formula is C23H29ClN4O4. The van der Waals surface area contributed by atoms with Gasteiger partial charge in [0.05, 0.1) is 32.8 Å². The number of likely N-dealkylation sites (N-methyl/N-ethyl adjacent to an activating group) is 1. The summed E-state index contributed by atoms with van der Waals surface area (Å²) in [6.45, 7) is 4.14. The first-order chi connectivity index (χ1) is 15.5. The Labute approximate surface area is 193 Å². The summed E-state index contributed by atoms with van der Waals surface area (Å²) in [5.74, 6) is 0.343. The predicted octanol–water partition coefficient (Wildman–Crippen LogP) is 2.24. The molecule has 0 unspecified atom stereocenters. The molecule has 1 fully saturated rings. The van der Waals surface area contributed by atoms with Crippen LogP contribution in [-0.4, -0.2) is 76.3 Å². The summed E-state index contributed by atoms with van der Waals surface area (Å²) in [6, 6.07) is 14.8. The van der Waals surface area contributed by atoms with Crippen molar-refractivity contribution in [3.05, 3.63) is 53.6 Å². The van der Waals surface area contributed by atoms with Gasteiger partial charge in [0.25, 0.3) is 0 Å². The Morgan fingerprint density at radius 2 is 1.69 bits per heavy atom. The molecule has 0 spiro atoms. The van der Waals surface area contributed by atoms with E-state index in [0.717, 1.165) is 37.7 Å². The van der Waals surface area contributed by atoms with Crippen LogP contribution in [0, 0.1) is 0 Å². The number of amides is 2. The van der Waals surface area contributed by atoms with E-state index in [0.29, 0.717) is 23.9 Å². The van der Waals surface area contributed by atoms with Crippen LogP contribution in [0.2, 0.25) is 5.02 Å². The third kappa shape index (κ3) is 8.03. The van der Waals surface area contributed by atoms with Crippen molar-refractivity contribution in [3.63, 3.8) is 0 Å². The van der Waals surface area contributed by atoms with Crippen LogP contribution in [-0.2, 0) is 14.3 Å². The molecule has 0 bridgehead atoms. The molecular weight excluding hydrogens is 432 g/mol. The molecule has 2 amide bonds. The minimum atomic E-state index is -0.175. The molecule has 8 nitrogen and oxygen atoms in total. The van der Waals surface area contributed by atoms with Crippen LogP contribution in [0.15, 0.2) is 48.5 Å². The van der Waals surface area contributed by atoms with Crippen molar-refractivity contribution in [2.45, 2.75) is 0 Å². The maximum atomic E-state index is 12.3. The lowest BCUT2D eigenvalue weighted by molar-refractivity contribution is -0.123. The van der Waals surface area contributed by atoms with Gasteiger partial charge in [-0.25, -0.2) is 0 Å². The Bertz CT molecular complexity index is 871. The summed E-state index contributed by atoms with van der Waals surface area (Å²) in [5, 5.41) is 6.29. The average molecular weight is 461 g/mol. The number of halogens is 1. The predicted molar refractivity (Wildman–Crippen MR) is 126 cm³/mol. The summed E-state index contributed by atoms with van der Waals surface area (Å²) in [6.07, 6.45) is 0. The minimum Gasteiger partial charge on any atom is -0.492 e. The Balaban J connectivity index is 1.32. The third-order valence-corrected chi connectivity index (χ3v) is 5.11. The van der Waals surface area contributed by atoms with E-state index >= 15 is 0 Å². The summed E-state index contributed by atoms with van der Waals surface area (Å²) in [7, 11) is 1.73. The molecule has 0 aromatic heterocycles.